The molecule has 0 unspecified atom stereocenters. The van der Waals surface area contributed by atoms with Crippen LogP contribution in [-0.4, -0.2) is 27.3 Å². The van der Waals surface area contributed by atoms with Crippen LogP contribution in [-0.2, 0) is 16.0 Å². The maximum atomic E-state index is 11.0. The van der Waals surface area contributed by atoms with Gasteiger partial charge in [0, 0.05) is 12.5 Å². The van der Waals surface area contributed by atoms with Crippen LogP contribution in [0.5, 0.6) is 11.5 Å². The number of methoxy groups -OCH3 is 3. The standard InChI is InChI=1S/C12H16O4/c1-14-10-6-9(4-5-12(13)16-3)7-11(8-10)15-2/h6-8H,4-5H2,1-3H3. The van der Waals surface area contributed by atoms with Gasteiger partial charge in [0.2, 0.25) is 0 Å². The van der Waals surface area contributed by atoms with Crippen LogP contribution in [0.15, 0.2) is 18.2 Å². The largest absolute Gasteiger partial charge is 0.497 e. The van der Waals surface area contributed by atoms with Crippen LogP contribution in [0, 0.1) is 0 Å². The number of carbonyl (C=O) groups is 1. The zero-order valence-corrected chi connectivity index (χ0v) is 9.78. The van der Waals surface area contributed by atoms with Gasteiger partial charge in [0.05, 0.1) is 21.3 Å². The molecule has 0 radical (unpaired) electrons. The zero-order valence-electron chi connectivity index (χ0n) is 9.78. The Morgan fingerprint density at radius 2 is 1.62 bits per heavy atom. The molecule has 0 N–H and O–H groups in total. The van der Waals surface area contributed by atoms with Gasteiger partial charge in [-0.05, 0) is 24.1 Å². The van der Waals surface area contributed by atoms with Crippen LogP contribution in [0.4, 0.5) is 0 Å². The first-order valence-corrected chi connectivity index (χ1v) is 4.98. The molecular formula is C12H16O4. The van der Waals surface area contributed by atoms with Crippen molar-refractivity contribution in [3.63, 3.8) is 0 Å². The lowest BCUT2D eigenvalue weighted by Gasteiger charge is -2.07. The van der Waals surface area contributed by atoms with Crippen molar-refractivity contribution in [2.45, 2.75) is 12.8 Å². The number of hydrogen-bond donors (Lipinski definition) is 0. The fraction of sp³-hybridized carbons (Fsp3) is 0.417. The van der Waals surface area contributed by atoms with Crippen LogP contribution in [0.25, 0.3) is 0 Å². The third-order valence-corrected chi connectivity index (χ3v) is 2.26. The molecule has 1 aromatic carbocycles. The highest BCUT2D eigenvalue weighted by atomic mass is 16.5. The van der Waals surface area contributed by atoms with Gasteiger partial charge >= 0.3 is 5.97 Å². The number of aryl methyl sites for hydroxylation is 1. The van der Waals surface area contributed by atoms with Gasteiger partial charge in [-0.15, -0.1) is 0 Å². The fourth-order valence-corrected chi connectivity index (χ4v) is 1.36. The first-order chi connectivity index (χ1) is 7.69. The summed E-state index contributed by atoms with van der Waals surface area (Å²) in [6.45, 7) is 0. The van der Waals surface area contributed by atoms with E-state index in [2.05, 4.69) is 4.74 Å². The normalized spacial score (nSPS) is 9.69. The zero-order chi connectivity index (χ0) is 12.0. The van der Waals surface area contributed by atoms with Crippen LogP contribution in [0.2, 0.25) is 0 Å². The Hall–Kier alpha value is -1.71. The maximum Gasteiger partial charge on any atom is 0.305 e. The van der Waals surface area contributed by atoms with Crippen molar-refractivity contribution >= 4 is 5.97 Å². The summed E-state index contributed by atoms with van der Waals surface area (Å²) in [4.78, 5) is 11.0. The highest BCUT2D eigenvalue weighted by Crippen LogP contribution is 2.23. The van der Waals surface area contributed by atoms with Crippen molar-refractivity contribution in [2.24, 2.45) is 0 Å². The van der Waals surface area contributed by atoms with Crippen molar-refractivity contribution < 1.29 is 19.0 Å². The lowest BCUT2D eigenvalue weighted by atomic mass is 10.1. The van der Waals surface area contributed by atoms with Crippen molar-refractivity contribution in [3.8, 4) is 11.5 Å². The predicted molar refractivity (Wildman–Crippen MR) is 59.9 cm³/mol. The molecule has 0 aliphatic rings. The Morgan fingerprint density at radius 1 is 1.06 bits per heavy atom. The van der Waals surface area contributed by atoms with Gasteiger partial charge in [-0.25, -0.2) is 0 Å². The molecule has 88 valence electrons. The summed E-state index contributed by atoms with van der Waals surface area (Å²) < 4.78 is 14.9. The molecule has 1 rings (SSSR count). The highest BCUT2D eigenvalue weighted by Gasteiger charge is 2.05. The molecule has 1 aromatic rings. The average molecular weight is 224 g/mol. The van der Waals surface area contributed by atoms with Crippen LogP contribution in [0.3, 0.4) is 0 Å². The van der Waals surface area contributed by atoms with Gasteiger partial charge in [0.25, 0.3) is 0 Å². The molecule has 16 heavy (non-hydrogen) atoms. The smallest absolute Gasteiger partial charge is 0.305 e. The monoisotopic (exact) mass is 224 g/mol. The van der Waals surface area contributed by atoms with Gasteiger partial charge in [-0.1, -0.05) is 0 Å². The van der Waals surface area contributed by atoms with Crippen molar-refractivity contribution in [3.05, 3.63) is 23.8 Å². The second-order valence-electron chi connectivity index (χ2n) is 3.30. The number of benzene rings is 1. The summed E-state index contributed by atoms with van der Waals surface area (Å²) in [6.07, 6.45) is 0.965. The minimum Gasteiger partial charge on any atom is -0.497 e. The van der Waals surface area contributed by atoms with E-state index >= 15 is 0 Å². The average Bonchev–Trinajstić information content (AvgIpc) is 2.35. The Balaban J connectivity index is 2.74. The quantitative estimate of drug-likeness (QED) is 0.715. The molecule has 0 fully saturated rings. The number of rotatable bonds is 5. The topological polar surface area (TPSA) is 44.8 Å². The van der Waals surface area contributed by atoms with E-state index < -0.39 is 0 Å². The molecule has 0 saturated heterocycles. The third kappa shape index (κ3) is 3.46. The second kappa shape index (κ2) is 6.00. The number of esters is 1. The Bertz CT molecular complexity index is 338. The first kappa shape index (κ1) is 12.4. The minimum atomic E-state index is -0.221. The lowest BCUT2D eigenvalue weighted by Crippen LogP contribution is -2.02. The van der Waals surface area contributed by atoms with Gasteiger partial charge in [-0.2, -0.15) is 0 Å². The van der Waals surface area contributed by atoms with Gasteiger partial charge in [0.1, 0.15) is 11.5 Å². The fourth-order valence-electron chi connectivity index (χ4n) is 1.36. The van der Waals surface area contributed by atoms with Crippen LogP contribution < -0.4 is 9.47 Å². The van der Waals surface area contributed by atoms with E-state index in [0.29, 0.717) is 12.8 Å². The lowest BCUT2D eigenvalue weighted by molar-refractivity contribution is -0.140. The summed E-state index contributed by atoms with van der Waals surface area (Å²) >= 11 is 0. The molecule has 0 atom stereocenters. The van der Waals surface area contributed by atoms with E-state index in [0.717, 1.165) is 17.1 Å². The minimum absolute atomic E-state index is 0.221. The Labute approximate surface area is 95.1 Å². The molecule has 0 aromatic heterocycles. The highest BCUT2D eigenvalue weighted by molar-refractivity contribution is 5.69. The molecule has 0 spiro atoms. The van der Waals surface area contributed by atoms with Gasteiger partial charge in [-0.3, -0.25) is 4.79 Å². The van der Waals surface area contributed by atoms with Gasteiger partial charge in [0.15, 0.2) is 0 Å². The Kier molecular flexibility index (Phi) is 4.64. The summed E-state index contributed by atoms with van der Waals surface area (Å²) in [5, 5.41) is 0. The van der Waals surface area contributed by atoms with E-state index in [4.69, 9.17) is 9.47 Å². The summed E-state index contributed by atoms with van der Waals surface area (Å²) in [5.41, 5.74) is 0.988. The van der Waals surface area contributed by atoms with Crippen molar-refractivity contribution in [2.75, 3.05) is 21.3 Å². The molecule has 0 amide bonds. The van der Waals surface area contributed by atoms with E-state index in [1.165, 1.54) is 7.11 Å². The number of carbonyl (C=O) groups excluding carboxylic acids is 1. The van der Waals surface area contributed by atoms with Crippen LogP contribution >= 0.6 is 0 Å². The number of ether oxygens (including phenoxy) is 3. The van der Waals surface area contributed by atoms with Gasteiger partial charge < -0.3 is 14.2 Å². The molecule has 0 heterocycles. The molecule has 4 heteroatoms. The summed E-state index contributed by atoms with van der Waals surface area (Å²) in [7, 11) is 4.58. The maximum absolute atomic E-state index is 11.0. The number of hydrogen-bond acceptors (Lipinski definition) is 4. The molecule has 0 bridgehead atoms. The van der Waals surface area contributed by atoms with E-state index in [1.54, 1.807) is 20.3 Å². The van der Waals surface area contributed by atoms with E-state index in [9.17, 15) is 4.79 Å². The molecule has 0 aliphatic carbocycles. The summed E-state index contributed by atoms with van der Waals surface area (Å²) in [6, 6.07) is 5.55. The first-order valence-electron chi connectivity index (χ1n) is 4.98. The third-order valence-electron chi connectivity index (χ3n) is 2.26. The predicted octanol–water partition coefficient (Wildman–Crippen LogP) is 1.81. The molecule has 0 saturated carbocycles. The SMILES string of the molecule is COC(=O)CCc1cc(OC)cc(OC)c1. The molecular weight excluding hydrogens is 208 g/mol. The Morgan fingerprint density at radius 3 is 2.06 bits per heavy atom. The molecule has 4 nitrogen and oxygen atoms in total. The second-order valence-corrected chi connectivity index (χ2v) is 3.30. The van der Waals surface area contributed by atoms with Crippen molar-refractivity contribution in [1.29, 1.82) is 0 Å². The van der Waals surface area contributed by atoms with E-state index in [1.807, 2.05) is 12.1 Å². The van der Waals surface area contributed by atoms with Crippen LogP contribution in [0.1, 0.15) is 12.0 Å². The van der Waals surface area contributed by atoms with E-state index in [-0.39, 0.29) is 5.97 Å². The molecule has 0 aliphatic heterocycles. The van der Waals surface area contributed by atoms with Crippen molar-refractivity contribution in [1.82, 2.24) is 0 Å². The summed E-state index contributed by atoms with van der Waals surface area (Å²) in [5.74, 6) is 1.22.